The Morgan fingerprint density at radius 3 is 2.10 bits per heavy atom. The van der Waals surface area contributed by atoms with E-state index in [9.17, 15) is 19.2 Å². The molecular formula is C12H21N3O6. The second-order valence-corrected chi connectivity index (χ2v) is 4.20. The SMILES string of the molecule is CCN(CC)C(=O)CCNC(=O)NC(CC(=O)O)C(=O)O. The first-order chi connectivity index (χ1) is 9.81. The molecule has 0 rings (SSSR count). The molecule has 1 unspecified atom stereocenters. The number of rotatable bonds is 9. The van der Waals surface area contributed by atoms with Crippen LogP contribution in [0.3, 0.4) is 0 Å². The molecule has 0 aliphatic rings. The number of urea groups is 1. The predicted molar refractivity (Wildman–Crippen MR) is 72.8 cm³/mol. The lowest BCUT2D eigenvalue weighted by molar-refractivity contribution is -0.145. The van der Waals surface area contributed by atoms with Gasteiger partial charge in [-0.05, 0) is 13.8 Å². The lowest BCUT2D eigenvalue weighted by Crippen LogP contribution is -2.47. The number of aliphatic carboxylic acids is 2. The number of hydrogen-bond acceptors (Lipinski definition) is 4. The van der Waals surface area contributed by atoms with Crippen LogP contribution in [0.4, 0.5) is 4.79 Å². The molecule has 21 heavy (non-hydrogen) atoms. The Hall–Kier alpha value is -2.32. The Bertz CT molecular complexity index is 394. The fourth-order valence-electron chi connectivity index (χ4n) is 1.60. The first kappa shape index (κ1) is 18.7. The molecule has 3 amide bonds. The van der Waals surface area contributed by atoms with Crippen molar-refractivity contribution >= 4 is 23.9 Å². The van der Waals surface area contributed by atoms with E-state index in [0.717, 1.165) is 0 Å². The van der Waals surface area contributed by atoms with Crippen LogP contribution in [0.15, 0.2) is 0 Å². The molecule has 0 aliphatic carbocycles. The van der Waals surface area contributed by atoms with Gasteiger partial charge in [-0.2, -0.15) is 0 Å². The number of carbonyl (C=O) groups excluding carboxylic acids is 2. The summed E-state index contributed by atoms with van der Waals surface area (Å²) in [5.74, 6) is -2.90. The zero-order valence-corrected chi connectivity index (χ0v) is 12.1. The van der Waals surface area contributed by atoms with Gasteiger partial charge in [-0.15, -0.1) is 0 Å². The minimum absolute atomic E-state index is 0.0422. The van der Waals surface area contributed by atoms with Crippen molar-refractivity contribution in [2.45, 2.75) is 32.7 Å². The van der Waals surface area contributed by atoms with Gasteiger partial charge in [-0.1, -0.05) is 0 Å². The number of amides is 3. The van der Waals surface area contributed by atoms with Crippen molar-refractivity contribution in [3.05, 3.63) is 0 Å². The smallest absolute Gasteiger partial charge is 0.326 e. The molecule has 0 aromatic rings. The number of hydrogen-bond donors (Lipinski definition) is 4. The predicted octanol–water partition coefficient (Wildman–Crippen LogP) is -0.528. The van der Waals surface area contributed by atoms with Gasteiger partial charge >= 0.3 is 18.0 Å². The maximum Gasteiger partial charge on any atom is 0.326 e. The maximum absolute atomic E-state index is 11.6. The molecule has 0 aromatic carbocycles. The molecule has 0 radical (unpaired) electrons. The minimum Gasteiger partial charge on any atom is -0.481 e. The van der Waals surface area contributed by atoms with Crippen LogP contribution in [-0.2, 0) is 14.4 Å². The summed E-state index contributed by atoms with van der Waals surface area (Å²) in [5.41, 5.74) is 0. The Kier molecular flexibility index (Phi) is 8.51. The summed E-state index contributed by atoms with van der Waals surface area (Å²) < 4.78 is 0. The van der Waals surface area contributed by atoms with Gasteiger partial charge in [-0.25, -0.2) is 9.59 Å². The van der Waals surface area contributed by atoms with Crippen LogP contribution in [0.25, 0.3) is 0 Å². The quantitative estimate of drug-likeness (QED) is 0.452. The summed E-state index contributed by atoms with van der Waals surface area (Å²) in [7, 11) is 0. The number of nitrogens with zero attached hydrogens (tertiary/aromatic N) is 1. The highest BCUT2D eigenvalue weighted by atomic mass is 16.4. The number of carboxylic acids is 2. The van der Waals surface area contributed by atoms with Gasteiger partial charge in [0, 0.05) is 26.1 Å². The van der Waals surface area contributed by atoms with Crippen LogP contribution < -0.4 is 10.6 Å². The van der Waals surface area contributed by atoms with E-state index in [2.05, 4.69) is 5.32 Å². The van der Waals surface area contributed by atoms with Gasteiger partial charge in [0.2, 0.25) is 5.91 Å². The van der Waals surface area contributed by atoms with Gasteiger partial charge in [0.25, 0.3) is 0 Å². The van der Waals surface area contributed by atoms with E-state index in [-0.39, 0.29) is 18.9 Å². The largest absolute Gasteiger partial charge is 0.481 e. The Morgan fingerprint density at radius 2 is 1.67 bits per heavy atom. The van der Waals surface area contributed by atoms with Crippen molar-refractivity contribution in [1.29, 1.82) is 0 Å². The highest BCUT2D eigenvalue weighted by molar-refractivity contribution is 5.86. The van der Waals surface area contributed by atoms with Crippen molar-refractivity contribution in [2.75, 3.05) is 19.6 Å². The van der Waals surface area contributed by atoms with E-state index in [1.165, 1.54) is 0 Å². The van der Waals surface area contributed by atoms with Crippen LogP contribution in [0.5, 0.6) is 0 Å². The average molecular weight is 303 g/mol. The van der Waals surface area contributed by atoms with E-state index in [1.807, 2.05) is 19.2 Å². The summed E-state index contributed by atoms with van der Waals surface area (Å²) >= 11 is 0. The lowest BCUT2D eigenvalue weighted by Gasteiger charge is -2.19. The van der Waals surface area contributed by atoms with Crippen molar-refractivity contribution < 1.29 is 29.4 Å². The molecule has 4 N–H and O–H groups in total. The molecule has 0 fully saturated rings. The summed E-state index contributed by atoms with van der Waals surface area (Å²) in [4.78, 5) is 45.9. The van der Waals surface area contributed by atoms with Crippen LogP contribution in [0.1, 0.15) is 26.7 Å². The summed E-state index contributed by atoms with van der Waals surface area (Å²) in [6.07, 6.45) is -0.632. The molecule has 120 valence electrons. The van der Waals surface area contributed by atoms with E-state index < -0.39 is 30.4 Å². The molecule has 9 heteroatoms. The Labute approximate surface area is 122 Å². The van der Waals surface area contributed by atoms with E-state index >= 15 is 0 Å². The van der Waals surface area contributed by atoms with Crippen molar-refractivity contribution in [3.63, 3.8) is 0 Å². The molecule has 0 heterocycles. The number of carbonyl (C=O) groups is 4. The standard InChI is InChI=1S/C12H21N3O6/c1-3-15(4-2)9(16)5-6-13-12(21)14-8(11(19)20)7-10(17)18/h8H,3-7H2,1-2H3,(H,17,18)(H,19,20)(H2,13,14,21). The van der Waals surface area contributed by atoms with Gasteiger partial charge < -0.3 is 25.7 Å². The third-order valence-electron chi connectivity index (χ3n) is 2.72. The zero-order chi connectivity index (χ0) is 16.4. The molecule has 9 nitrogen and oxygen atoms in total. The van der Waals surface area contributed by atoms with Crippen molar-refractivity contribution in [1.82, 2.24) is 15.5 Å². The highest BCUT2D eigenvalue weighted by Gasteiger charge is 2.22. The van der Waals surface area contributed by atoms with Crippen LogP contribution >= 0.6 is 0 Å². The third-order valence-corrected chi connectivity index (χ3v) is 2.72. The van der Waals surface area contributed by atoms with Crippen LogP contribution in [0, 0.1) is 0 Å². The van der Waals surface area contributed by atoms with Gasteiger partial charge in [-0.3, -0.25) is 9.59 Å². The van der Waals surface area contributed by atoms with Crippen molar-refractivity contribution in [3.8, 4) is 0 Å². The fourth-order valence-corrected chi connectivity index (χ4v) is 1.60. The van der Waals surface area contributed by atoms with Gasteiger partial charge in [0.05, 0.1) is 6.42 Å². The minimum atomic E-state index is -1.51. The first-order valence-corrected chi connectivity index (χ1v) is 6.58. The van der Waals surface area contributed by atoms with Gasteiger partial charge in [0.1, 0.15) is 6.04 Å². The second kappa shape index (κ2) is 9.56. The number of nitrogens with one attached hydrogen (secondary N) is 2. The molecule has 0 bridgehead atoms. The average Bonchev–Trinajstić information content (AvgIpc) is 2.38. The monoisotopic (exact) mass is 303 g/mol. The summed E-state index contributed by atoms with van der Waals surface area (Å²) in [6.45, 7) is 4.86. The zero-order valence-electron chi connectivity index (χ0n) is 12.1. The van der Waals surface area contributed by atoms with Crippen LogP contribution in [0.2, 0.25) is 0 Å². The Morgan fingerprint density at radius 1 is 1.10 bits per heavy atom. The first-order valence-electron chi connectivity index (χ1n) is 6.58. The lowest BCUT2D eigenvalue weighted by atomic mass is 10.2. The highest BCUT2D eigenvalue weighted by Crippen LogP contribution is 1.94. The molecule has 1 atom stereocenters. The summed E-state index contributed by atoms with van der Waals surface area (Å²) in [5, 5.41) is 21.6. The number of carboxylic acid groups (broad SMARTS) is 2. The van der Waals surface area contributed by atoms with Gasteiger partial charge in [0.15, 0.2) is 0 Å². The van der Waals surface area contributed by atoms with Crippen LogP contribution in [-0.4, -0.2) is 64.7 Å². The van der Waals surface area contributed by atoms with E-state index in [0.29, 0.717) is 13.1 Å². The third kappa shape index (κ3) is 7.75. The normalized spacial score (nSPS) is 11.3. The maximum atomic E-state index is 11.6. The molecule has 0 aliphatic heterocycles. The summed E-state index contributed by atoms with van der Waals surface area (Å²) in [6, 6.07) is -2.34. The topological polar surface area (TPSA) is 136 Å². The molecule has 0 saturated heterocycles. The molecule has 0 spiro atoms. The van der Waals surface area contributed by atoms with Crippen molar-refractivity contribution in [2.24, 2.45) is 0 Å². The molecule has 0 saturated carbocycles. The molecule has 0 aromatic heterocycles. The Balaban J connectivity index is 4.17. The molecular weight excluding hydrogens is 282 g/mol. The van der Waals surface area contributed by atoms with E-state index in [1.54, 1.807) is 4.90 Å². The fraction of sp³-hybridized carbons (Fsp3) is 0.667. The second-order valence-electron chi connectivity index (χ2n) is 4.20. The van der Waals surface area contributed by atoms with E-state index in [4.69, 9.17) is 10.2 Å².